The van der Waals surface area contributed by atoms with E-state index in [4.69, 9.17) is 0 Å². The van der Waals surface area contributed by atoms with Crippen molar-refractivity contribution in [3.05, 3.63) is 55.2 Å². The lowest BCUT2D eigenvalue weighted by Crippen LogP contribution is -1.91. The van der Waals surface area contributed by atoms with E-state index in [1.807, 2.05) is 36.1 Å². The first-order chi connectivity index (χ1) is 10.3. The maximum absolute atomic E-state index is 4.54. The molecule has 0 unspecified atom stereocenters. The van der Waals surface area contributed by atoms with Gasteiger partial charge in [0.2, 0.25) is 0 Å². The number of hydrogen-bond acceptors (Lipinski definition) is 3. The van der Waals surface area contributed by atoms with Crippen LogP contribution >= 0.6 is 0 Å². The maximum Gasteiger partial charge on any atom is 0.141 e. The molecule has 4 rings (SSSR count). The van der Waals surface area contributed by atoms with E-state index in [-0.39, 0.29) is 0 Å². The number of hydrogen-bond donors (Lipinski definition) is 1. The van der Waals surface area contributed by atoms with Gasteiger partial charge >= 0.3 is 0 Å². The summed E-state index contributed by atoms with van der Waals surface area (Å²) in [6.45, 7) is 0. The normalized spacial score (nSPS) is 11.1. The molecule has 1 N–H and O–H groups in total. The largest absolute Gasteiger partial charge is 0.338 e. The summed E-state index contributed by atoms with van der Waals surface area (Å²) in [6.07, 6.45) is 5.18. The Hall–Kier alpha value is -2.95. The Morgan fingerprint density at radius 2 is 1.95 bits per heavy atom. The standard InChI is InChI=1S/C16H13N5/c1-21-10-19-14(11-5-3-2-4-6-11)15(21)13-7-12-8-17-9-18-16(12)20-13/h2-10H,1H3,(H,17,18,20). The van der Waals surface area contributed by atoms with Crippen LogP contribution in [0, 0.1) is 0 Å². The average Bonchev–Trinajstić information content (AvgIpc) is 3.11. The Balaban J connectivity index is 1.94. The predicted octanol–water partition coefficient (Wildman–Crippen LogP) is 3.03. The van der Waals surface area contributed by atoms with Crippen molar-refractivity contribution in [1.82, 2.24) is 24.5 Å². The van der Waals surface area contributed by atoms with Crippen molar-refractivity contribution in [2.75, 3.05) is 0 Å². The molecule has 102 valence electrons. The Kier molecular flexibility index (Phi) is 2.57. The summed E-state index contributed by atoms with van der Waals surface area (Å²) >= 11 is 0. The highest BCUT2D eigenvalue weighted by Crippen LogP contribution is 2.31. The van der Waals surface area contributed by atoms with E-state index in [2.05, 4.69) is 38.1 Å². The van der Waals surface area contributed by atoms with Gasteiger partial charge in [-0.3, -0.25) is 0 Å². The van der Waals surface area contributed by atoms with Crippen LogP contribution in [0.25, 0.3) is 33.7 Å². The van der Waals surface area contributed by atoms with Crippen molar-refractivity contribution in [3.63, 3.8) is 0 Å². The van der Waals surface area contributed by atoms with Gasteiger partial charge in [0.05, 0.1) is 23.4 Å². The molecule has 0 amide bonds. The van der Waals surface area contributed by atoms with Gasteiger partial charge in [0.25, 0.3) is 0 Å². The molecule has 0 radical (unpaired) electrons. The number of aromatic nitrogens is 5. The van der Waals surface area contributed by atoms with E-state index < -0.39 is 0 Å². The SMILES string of the molecule is Cn1cnc(-c2ccccc2)c1-c1cc2cncnc2[nH]1. The molecule has 0 atom stereocenters. The van der Waals surface area contributed by atoms with Crippen molar-refractivity contribution in [1.29, 1.82) is 0 Å². The van der Waals surface area contributed by atoms with Gasteiger partial charge in [-0.1, -0.05) is 30.3 Å². The summed E-state index contributed by atoms with van der Waals surface area (Å²) in [4.78, 5) is 16.2. The number of aromatic amines is 1. The van der Waals surface area contributed by atoms with Crippen LogP contribution < -0.4 is 0 Å². The monoisotopic (exact) mass is 275 g/mol. The van der Waals surface area contributed by atoms with E-state index in [1.54, 1.807) is 12.5 Å². The molecule has 1 aromatic carbocycles. The van der Waals surface area contributed by atoms with Gasteiger partial charge in [0.15, 0.2) is 0 Å². The first-order valence-electron chi connectivity index (χ1n) is 6.69. The number of H-pyrrole nitrogens is 1. The third-order valence-corrected chi connectivity index (χ3v) is 3.53. The third-order valence-electron chi connectivity index (χ3n) is 3.53. The Labute approximate surface area is 121 Å². The van der Waals surface area contributed by atoms with Gasteiger partial charge in [-0.15, -0.1) is 0 Å². The highest BCUT2D eigenvalue weighted by atomic mass is 15.1. The van der Waals surface area contributed by atoms with Crippen LogP contribution in [0.4, 0.5) is 0 Å². The predicted molar refractivity (Wildman–Crippen MR) is 81.5 cm³/mol. The average molecular weight is 275 g/mol. The van der Waals surface area contributed by atoms with Crippen molar-refractivity contribution < 1.29 is 0 Å². The van der Waals surface area contributed by atoms with Gasteiger partial charge in [0, 0.05) is 24.2 Å². The molecule has 5 nitrogen and oxygen atoms in total. The zero-order valence-electron chi connectivity index (χ0n) is 11.5. The lowest BCUT2D eigenvalue weighted by atomic mass is 10.1. The van der Waals surface area contributed by atoms with Crippen molar-refractivity contribution >= 4 is 11.0 Å². The molecule has 0 saturated carbocycles. The van der Waals surface area contributed by atoms with Crippen LogP contribution in [0.5, 0.6) is 0 Å². The molecule has 0 aliphatic carbocycles. The summed E-state index contributed by atoms with van der Waals surface area (Å²) in [5.41, 5.74) is 4.92. The second-order valence-electron chi connectivity index (χ2n) is 4.93. The number of nitrogens with zero attached hydrogens (tertiary/aromatic N) is 4. The topological polar surface area (TPSA) is 59.4 Å². The second kappa shape index (κ2) is 4.56. The van der Waals surface area contributed by atoms with E-state index in [9.17, 15) is 0 Å². The number of imidazole rings is 1. The summed E-state index contributed by atoms with van der Waals surface area (Å²) in [6, 6.07) is 12.2. The van der Waals surface area contributed by atoms with Gasteiger partial charge in [0.1, 0.15) is 12.0 Å². The van der Waals surface area contributed by atoms with Gasteiger partial charge in [-0.05, 0) is 6.07 Å². The van der Waals surface area contributed by atoms with Crippen LogP contribution in [0.15, 0.2) is 55.2 Å². The molecule has 3 heterocycles. The summed E-state index contributed by atoms with van der Waals surface area (Å²) in [5.74, 6) is 0. The molecule has 4 aromatic rings. The molecule has 5 heteroatoms. The minimum Gasteiger partial charge on any atom is -0.338 e. The van der Waals surface area contributed by atoms with Crippen molar-refractivity contribution in [3.8, 4) is 22.6 Å². The molecule has 21 heavy (non-hydrogen) atoms. The highest BCUT2D eigenvalue weighted by molar-refractivity contribution is 5.85. The molecule has 0 spiro atoms. The molecular formula is C16H13N5. The van der Waals surface area contributed by atoms with E-state index in [1.165, 1.54) is 0 Å². The molecule has 0 bridgehead atoms. The molecule has 0 saturated heterocycles. The van der Waals surface area contributed by atoms with Gasteiger partial charge in [-0.25, -0.2) is 15.0 Å². The zero-order chi connectivity index (χ0) is 14.2. The first-order valence-corrected chi connectivity index (χ1v) is 6.69. The minimum absolute atomic E-state index is 0.834. The number of benzene rings is 1. The van der Waals surface area contributed by atoms with Crippen LogP contribution in [0.1, 0.15) is 0 Å². The third kappa shape index (κ3) is 1.90. The number of fused-ring (bicyclic) bond motifs is 1. The number of nitrogens with one attached hydrogen (secondary N) is 1. The fourth-order valence-electron chi connectivity index (χ4n) is 2.55. The fourth-order valence-corrected chi connectivity index (χ4v) is 2.55. The molecule has 0 aliphatic rings. The van der Waals surface area contributed by atoms with Crippen LogP contribution in [0.3, 0.4) is 0 Å². The fraction of sp³-hybridized carbons (Fsp3) is 0.0625. The van der Waals surface area contributed by atoms with Gasteiger partial charge in [-0.2, -0.15) is 0 Å². The van der Waals surface area contributed by atoms with E-state index >= 15 is 0 Å². The molecular weight excluding hydrogens is 262 g/mol. The van der Waals surface area contributed by atoms with Crippen LogP contribution in [-0.4, -0.2) is 24.5 Å². The minimum atomic E-state index is 0.834. The smallest absolute Gasteiger partial charge is 0.141 e. The van der Waals surface area contributed by atoms with Crippen molar-refractivity contribution in [2.45, 2.75) is 0 Å². The van der Waals surface area contributed by atoms with Crippen LogP contribution in [0.2, 0.25) is 0 Å². The first kappa shape index (κ1) is 11.8. The zero-order valence-corrected chi connectivity index (χ0v) is 11.5. The van der Waals surface area contributed by atoms with E-state index in [0.717, 1.165) is 33.7 Å². The number of aryl methyl sites for hydroxylation is 1. The summed E-state index contributed by atoms with van der Waals surface area (Å²) in [5, 5.41) is 0.993. The molecule has 0 aliphatic heterocycles. The molecule has 0 fully saturated rings. The lowest BCUT2D eigenvalue weighted by Gasteiger charge is -2.04. The lowest BCUT2D eigenvalue weighted by molar-refractivity contribution is 0.918. The van der Waals surface area contributed by atoms with E-state index in [0.29, 0.717) is 0 Å². The van der Waals surface area contributed by atoms with Gasteiger partial charge < -0.3 is 9.55 Å². The van der Waals surface area contributed by atoms with Crippen molar-refractivity contribution in [2.24, 2.45) is 7.05 Å². The Bertz CT molecular complexity index is 872. The second-order valence-corrected chi connectivity index (χ2v) is 4.93. The Morgan fingerprint density at radius 1 is 1.10 bits per heavy atom. The van der Waals surface area contributed by atoms with Crippen LogP contribution in [-0.2, 0) is 7.05 Å². The quantitative estimate of drug-likeness (QED) is 0.611. The molecule has 3 aromatic heterocycles. The maximum atomic E-state index is 4.54. The Morgan fingerprint density at radius 3 is 2.76 bits per heavy atom. The highest BCUT2D eigenvalue weighted by Gasteiger charge is 2.15. The number of rotatable bonds is 2. The summed E-state index contributed by atoms with van der Waals surface area (Å²) in [7, 11) is 1.99. The summed E-state index contributed by atoms with van der Waals surface area (Å²) < 4.78 is 2.01.